The molecular weight excluding hydrogens is 152 g/mol. The smallest absolute Gasteiger partial charge is 0.0747 e. The Hall–Kier alpha value is -0.120. The number of morpholine rings is 1. The molecule has 70 valence electrons. The lowest BCUT2D eigenvalue weighted by Gasteiger charge is -2.26. The summed E-state index contributed by atoms with van der Waals surface area (Å²) >= 11 is 0. The van der Waals surface area contributed by atoms with Gasteiger partial charge in [-0.25, -0.2) is 0 Å². The Labute approximate surface area is 74.1 Å². The highest BCUT2D eigenvalue weighted by atomic mass is 16.5. The van der Waals surface area contributed by atoms with Crippen LogP contribution in [0.4, 0.5) is 0 Å². The Balaban J connectivity index is 1.66. The summed E-state index contributed by atoms with van der Waals surface area (Å²) in [6, 6.07) is 0.761. The average Bonchev–Trinajstić information content (AvgIpc) is 2.84. The van der Waals surface area contributed by atoms with Crippen molar-refractivity contribution in [1.82, 2.24) is 10.2 Å². The van der Waals surface area contributed by atoms with E-state index in [-0.39, 0.29) is 0 Å². The third kappa shape index (κ3) is 1.79. The number of likely N-dealkylation sites (N-methyl/N-ethyl adjacent to an activating group) is 1. The van der Waals surface area contributed by atoms with Crippen molar-refractivity contribution in [2.45, 2.75) is 25.5 Å². The quantitative estimate of drug-likeness (QED) is 0.604. The number of rotatable bonds is 4. The lowest BCUT2D eigenvalue weighted by atomic mass is 10.4. The summed E-state index contributed by atoms with van der Waals surface area (Å²) in [5.41, 5.74) is 0. The molecule has 1 aliphatic heterocycles. The van der Waals surface area contributed by atoms with Crippen LogP contribution in [0.1, 0.15) is 13.3 Å². The molecule has 1 aliphatic carbocycles. The van der Waals surface area contributed by atoms with Crippen LogP contribution in [0.25, 0.3) is 0 Å². The van der Waals surface area contributed by atoms with E-state index in [0.717, 1.165) is 32.3 Å². The van der Waals surface area contributed by atoms with Crippen LogP contribution >= 0.6 is 0 Å². The van der Waals surface area contributed by atoms with Gasteiger partial charge >= 0.3 is 0 Å². The summed E-state index contributed by atoms with van der Waals surface area (Å²) in [6.07, 6.45) is 1.85. The Bertz CT molecular complexity index is 151. The molecule has 2 atom stereocenters. The van der Waals surface area contributed by atoms with Gasteiger partial charge in [-0.2, -0.15) is 0 Å². The molecule has 2 aliphatic rings. The maximum absolute atomic E-state index is 5.53. The second-order valence-corrected chi connectivity index (χ2v) is 3.60. The van der Waals surface area contributed by atoms with Gasteiger partial charge in [0.2, 0.25) is 0 Å². The molecule has 0 aromatic carbocycles. The first-order valence-corrected chi connectivity index (χ1v) is 4.98. The normalized spacial score (nSPS) is 34.8. The zero-order chi connectivity index (χ0) is 8.39. The Morgan fingerprint density at radius 3 is 3.33 bits per heavy atom. The number of ether oxygens (including phenoxy) is 1. The Morgan fingerprint density at radius 2 is 2.50 bits per heavy atom. The summed E-state index contributed by atoms with van der Waals surface area (Å²) in [5, 5.41) is 3.35. The van der Waals surface area contributed by atoms with Gasteiger partial charge in [0.25, 0.3) is 0 Å². The molecule has 3 heteroatoms. The molecular formula is C9H18N2O. The topological polar surface area (TPSA) is 24.5 Å². The van der Waals surface area contributed by atoms with Crippen LogP contribution in [-0.4, -0.2) is 49.8 Å². The number of nitrogens with one attached hydrogen (secondary N) is 1. The fourth-order valence-corrected chi connectivity index (χ4v) is 1.89. The van der Waals surface area contributed by atoms with Gasteiger partial charge in [-0.1, -0.05) is 6.92 Å². The molecule has 2 fully saturated rings. The molecule has 0 radical (unpaired) electrons. The summed E-state index contributed by atoms with van der Waals surface area (Å²) in [7, 11) is 0. The van der Waals surface area contributed by atoms with Gasteiger partial charge in [-0.15, -0.1) is 0 Å². The number of fused-ring (bicyclic) bond motifs is 1. The van der Waals surface area contributed by atoms with E-state index in [4.69, 9.17) is 4.74 Å². The molecule has 2 unspecified atom stereocenters. The zero-order valence-electron chi connectivity index (χ0n) is 7.75. The van der Waals surface area contributed by atoms with E-state index in [0.29, 0.717) is 6.10 Å². The maximum atomic E-state index is 5.53. The van der Waals surface area contributed by atoms with E-state index in [9.17, 15) is 0 Å². The van der Waals surface area contributed by atoms with Crippen molar-refractivity contribution < 1.29 is 4.74 Å². The first kappa shape index (κ1) is 8.48. The summed E-state index contributed by atoms with van der Waals surface area (Å²) in [6.45, 7) is 7.62. The van der Waals surface area contributed by atoms with Crippen LogP contribution < -0.4 is 5.32 Å². The van der Waals surface area contributed by atoms with Gasteiger partial charge in [0.1, 0.15) is 0 Å². The second kappa shape index (κ2) is 3.73. The highest BCUT2D eigenvalue weighted by molar-refractivity contribution is 4.99. The van der Waals surface area contributed by atoms with Crippen LogP contribution in [0.15, 0.2) is 0 Å². The molecule has 0 aromatic heterocycles. The van der Waals surface area contributed by atoms with Crippen molar-refractivity contribution in [3.8, 4) is 0 Å². The van der Waals surface area contributed by atoms with Crippen LogP contribution in [0, 0.1) is 0 Å². The van der Waals surface area contributed by atoms with E-state index in [1.54, 1.807) is 0 Å². The molecule has 0 spiro atoms. The molecule has 1 heterocycles. The molecule has 12 heavy (non-hydrogen) atoms. The van der Waals surface area contributed by atoms with Gasteiger partial charge in [-0.05, 0) is 13.0 Å². The predicted molar refractivity (Wildman–Crippen MR) is 48.3 cm³/mol. The van der Waals surface area contributed by atoms with E-state index < -0.39 is 0 Å². The van der Waals surface area contributed by atoms with E-state index >= 15 is 0 Å². The summed E-state index contributed by atoms with van der Waals surface area (Å²) in [5.74, 6) is 0. The monoisotopic (exact) mass is 170 g/mol. The van der Waals surface area contributed by atoms with Crippen LogP contribution in [0.2, 0.25) is 0 Å². The average molecular weight is 170 g/mol. The van der Waals surface area contributed by atoms with Crippen molar-refractivity contribution in [2.24, 2.45) is 0 Å². The molecule has 2 rings (SSSR count). The zero-order valence-corrected chi connectivity index (χ0v) is 7.75. The summed E-state index contributed by atoms with van der Waals surface area (Å²) < 4.78 is 5.53. The third-order valence-electron chi connectivity index (χ3n) is 2.71. The minimum atomic E-state index is 0.584. The highest BCUT2D eigenvalue weighted by Crippen LogP contribution is 2.33. The highest BCUT2D eigenvalue weighted by Gasteiger charge is 2.45. The van der Waals surface area contributed by atoms with Crippen molar-refractivity contribution in [2.75, 3.05) is 32.8 Å². The molecule has 1 saturated carbocycles. The standard InChI is InChI=1S/C9H18N2O/c1-2-10-3-4-11-5-6-12-9-7-8(9)11/h8-10H,2-7H2,1H3. The second-order valence-electron chi connectivity index (χ2n) is 3.60. The van der Waals surface area contributed by atoms with Gasteiger partial charge in [0, 0.05) is 25.7 Å². The first-order chi connectivity index (χ1) is 5.92. The fraction of sp³-hybridized carbons (Fsp3) is 1.00. The maximum Gasteiger partial charge on any atom is 0.0747 e. The van der Waals surface area contributed by atoms with E-state index in [1.165, 1.54) is 13.0 Å². The van der Waals surface area contributed by atoms with Crippen LogP contribution in [0.3, 0.4) is 0 Å². The van der Waals surface area contributed by atoms with Crippen molar-refractivity contribution in [3.05, 3.63) is 0 Å². The molecule has 0 amide bonds. The molecule has 0 bridgehead atoms. The minimum absolute atomic E-state index is 0.584. The molecule has 1 saturated heterocycles. The van der Waals surface area contributed by atoms with Crippen molar-refractivity contribution in [1.29, 1.82) is 0 Å². The fourth-order valence-electron chi connectivity index (χ4n) is 1.89. The Morgan fingerprint density at radius 1 is 1.58 bits per heavy atom. The SMILES string of the molecule is CCNCCN1CCOC2CC21. The number of hydrogen-bond donors (Lipinski definition) is 1. The number of hydrogen-bond acceptors (Lipinski definition) is 3. The largest absolute Gasteiger partial charge is 0.375 e. The Kier molecular flexibility index (Phi) is 2.63. The van der Waals surface area contributed by atoms with Crippen LogP contribution in [0.5, 0.6) is 0 Å². The van der Waals surface area contributed by atoms with Gasteiger partial charge < -0.3 is 10.1 Å². The first-order valence-electron chi connectivity index (χ1n) is 4.98. The summed E-state index contributed by atoms with van der Waals surface area (Å²) in [4.78, 5) is 2.55. The lowest BCUT2D eigenvalue weighted by molar-refractivity contribution is 0.0318. The predicted octanol–water partition coefficient (Wildman–Crippen LogP) is 0.0690. The number of nitrogens with zero attached hydrogens (tertiary/aromatic N) is 1. The van der Waals surface area contributed by atoms with Crippen molar-refractivity contribution >= 4 is 0 Å². The van der Waals surface area contributed by atoms with Gasteiger partial charge in [0.15, 0.2) is 0 Å². The van der Waals surface area contributed by atoms with Gasteiger partial charge in [-0.3, -0.25) is 4.90 Å². The van der Waals surface area contributed by atoms with Crippen LogP contribution in [-0.2, 0) is 4.74 Å². The minimum Gasteiger partial charge on any atom is -0.375 e. The lowest BCUT2D eigenvalue weighted by Crippen LogP contribution is -2.40. The molecule has 1 N–H and O–H groups in total. The molecule has 3 nitrogen and oxygen atoms in total. The van der Waals surface area contributed by atoms with Gasteiger partial charge in [0.05, 0.1) is 12.7 Å². The van der Waals surface area contributed by atoms with E-state index in [1.807, 2.05) is 0 Å². The van der Waals surface area contributed by atoms with Crippen molar-refractivity contribution in [3.63, 3.8) is 0 Å². The third-order valence-corrected chi connectivity index (χ3v) is 2.71. The molecule has 0 aromatic rings. The van der Waals surface area contributed by atoms with E-state index in [2.05, 4.69) is 17.1 Å².